The molecule has 2 aromatic rings. The van der Waals surface area contributed by atoms with E-state index >= 15 is 0 Å². The molecule has 116 valence electrons. The molecule has 0 saturated heterocycles. The Balaban J connectivity index is 2.41. The molecule has 0 radical (unpaired) electrons. The van der Waals surface area contributed by atoms with Crippen LogP contribution in [0.1, 0.15) is 19.9 Å². The molecule has 0 aliphatic carbocycles. The van der Waals surface area contributed by atoms with Gasteiger partial charge < -0.3 is 9.30 Å². The van der Waals surface area contributed by atoms with Crippen LogP contribution in [0.15, 0.2) is 35.3 Å². The number of halogens is 2. The van der Waals surface area contributed by atoms with Crippen LogP contribution >= 0.6 is 23.2 Å². The van der Waals surface area contributed by atoms with Gasteiger partial charge in [0.2, 0.25) is 0 Å². The topological polar surface area (TPSA) is 74.4 Å². The lowest BCUT2D eigenvalue weighted by atomic mass is 10.3. The third-order valence-electron chi connectivity index (χ3n) is 2.88. The third kappa shape index (κ3) is 3.40. The van der Waals surface area contributed by atoms with Crippen LogP contribution in [0, 0.1) is 10.1 Å². The first-order valence-corrected chi connectivity index (χ1v) is 7.08. The molecule has 22 heavy (non-hydrogen) atoms. The second-order valence-corrected chi connectivity index (χ2v) is 5.62. The van der Waals surface area contributed by atoms with E-state index in [4.69, 9.17) is 27.9 Å². The minimum Gasteiger partial charge on any atom is -0.453 e. The Morgan fingerprint density at radius 2 is 1.82 bits per heavy atom. The van der Waals surface area contributed by atoms with Crippen molar-refractivity contribution in [2.75, 3.05) is 0 Å². The number of hydrogen-bond acceptors (Lipinski definition) is 4. The van der Waals surface area contributed by atoms with Crippen molar-refractivity contribution in [1.29, 1.82) is 0 Å². The molecule has 0 saturated carbocycles. The van der Waals surface area contributed by atoms with Crippen molar-refractivity contribution in [3.8, 4) is 11.5 Å². The number of nitro benzene ring substituents is 1. The number of nitrogens with zero attached hydrogens (tertiary/aromatic N) is 2. The lowest BCUT2D eigenvalue weighted by Gasteiger charge is -2.13. The molecule has 8 heteroatoms. The van der Waals surface area contributed by atoms with E-state index in [-0.39, 0.29) is 33.1 Å². The van der Waals surface area contributed by atoms with E-state index in [2.05, 4.69) is 0 Å². The summed E-state index contributed by atoms with van der Waals surface area (Å²) < 4.78 is 7.06. The van der Waals surface area contributed by atoms with Crippen LogP contribution in [0.4, 0.5) is 5.69 Å². The molecule has 0 unspecified atom stereocenters. The van der Waals surface area contributed by atoms with Gasteiger partial charge in [0.15, 0.2) is 5.75 Å². The summed E-state index contributed by atoms with van der Waals surface area (Å²) in [6, 6.07) is 5.11. The third-order valence-corrected chi connectivity index (χ3v) is 3.44. The van der Waals surface area contributed by atoms with Crippen LogP contribution in [-0.4, -0.2) is 9.49 Å². The Labute approximate surface area is 136 Å². The number of ether oxygens (including phenoxy) is 1. The Morgan fingerprint density at radius 1 is 1.23 bits per heavy atom. The predicted molar refractivity (Wildman–Crippen MR) is 84.3 cm³/mol. The molecule has 0 aliphatic rings. The molecule has 1 aromatic heterocycles. The zero-order chi connectivity index (χ0) is 16.4. The molecule has 0 bridgehead atoms. The molecule has 0 amide bonds. The second-order valence-electron chi connectivity index (χ2n) is 4.80. The summed E-state index contributed by atoms with van der Waals surface area (Å²) in [5.41, 5.74) is -0.391. The summed E-state index contributed by atoms with van der Waals surface area (Å²) >= 11 is 12.0. The second kappa shape index (κ2) is 6.37. The first kappa shape index (κ1) is 16.3. The summed E-state index contributed by atoms with van der Waals surface area (Å²) in [4.78, 5) is 21.8. The molecule has 0 fully saturated rings. The summed E-state index contributed by atoms with van der Waals surface area (Å²) in [5, 5.41) is 10.8. The molecule has 2 rings (SSSR count). The van der Waals surface area contributed by atoms with Gasteiger partial charge in [-0.05, 0) is 19.9 Å². The van der Waals surface area contributed by atoms with Gasteiger partial charge in [-0.2, -0.15) is 0 Å². The molecular weight excluding hydrogens is 331 g/mol. The van der Waals surface area contributed by atoms with E-state index in [1.165, 1.54) is 22.9 Å². The lowest BCUT2D eigenvalue weighted by molar-refractivity contribution is -0.384. The number of aromatic nitrogens is 1. The minimum absolute atomic E-state index is 0.0153. The van der Waals surface area contributed by atoms with Crippen molar-refractivity contribution in [1.82, 2.24) is 4.57 Å². The molecule has 6 nitrogen and oxygen atoms in total. The normalized spacial score (nSPS) is 10.8. The van der Waals surface area contributed by atoms with Crippen molar-refractivity contribution in [3.05, 3.63) is 61.0 Å². The maximum atomic E-state index is 11.7. The summed E-state index contributed by atoms with van der Waals surface area (Å²) in [5.74, 6) is 0.453. The van der Waals surface area contributed by atoms with Crippen molar-refractivity contribution in [3.63, 3.8) is 0 Å². The van der Waals surface area contributed by atoms with Crippen LogP contribution in [0.3, 0.4) is 0 Å². The maximum Gasteiger partial charge on any atom is 0.272 e. The van der Waals surface area contributed by atoms with Gasteiger partial charge in [0, 0.05) is 24.2 Å². The van der Waals surface area contributed by atoms with Crippen molar-refractivity contribution in [2.45, 2.75) is 19.9 Å². The maximum absolute atomic E-state index is 11.7. The smallest absolute Gasteiger partial charge is 0.272 e. The van der Waals surface area contributed by atoms with Gasteiger partial charge in [0.25, 0.3) is 11.2 Å². The summed E-state index contributed by atoms with van der Waals surface area (Å²) in [6.45, 7) is 3.72. The highest BCUT2D eigenvalue weighted by atomic mass is 35.5. The average Bonchev–Trinajstić information content (AvgIpc) is 2.43. The monoisotopic (exact) mass is 342 g/mol. The minimum atomic E-state index is -0.597. The SMILES string of the molecule is CC(C)n1cc(Oc2c(Cl)cc([N+](=O)[O-])cc2Cl)ccc1=O. The number of hydrogen-bond donors (Lipinski definition) is 0. The molecule has 0 spiro atoms. The van der Waals surface area contributed by atoms with Crippen molar-refractivity contribution >= 4 is 28.9 Å². The Bertz CT molecular complexity index is 764. The fraction of sp³-hybridized carbons (Fsp3) is 0.214. The van der Waals surface area contributed by atoms with Crippen LogP contribution in [0.2, 0.25) is 10.0 Å². The highest BCUT2D eigenvalue weighted by molar-refractivity contribution is 6.37. The number of pyridine rings is 1. The zero-order valence-corrected chi connectivity index (χ0v) is 13.3. The van der Waals surface area contributed by atoms with Gasteiger partial charge in [0.05, 0.1) is 21.2 Å². The molecule has 1 heterocycles. The molecule has 1 aromatic carbocycles. The van der Waals surface area contributed by atoms with Gasteiger partial charge in [-0.15, -0.1) is 0 Å². The Kier molecular flexibility index (Phi) is 4.73. The van der Waals surface area contributed by atoms with Gasteiger partial charge in [-0.25, -0.2) is 0 Å². The van der Waals surface area contributed by atoms with Crippen molar-refractivity contribution in [2.24, 2.45) is 0 Å². The number of benzene rings is 1. The quantitative estimate of drug-likeness (QED) is 0.608. The highest BCUT2D eigenvalue weighted by Gasteiger charge is 2.17. The fourth-order valence-electron chi connectivity index (χ4n) is 1.81. The Hall–Kier alpha value is -2.05. The van der Waals surface area contributed by atoms with E-state index in [1.54, 1.807) is 0 Å². The largest absolute Gasteiger partial charge is 0.453 e. The fourth-order valence-corrected chi connectivity index (χ4v) is 2.37. The number of rotatable bonds is 4. The van der Waals surface area contributed by atoms with Gasteiger partial charge in [-0.3, -0.25) is 14.9 Å². The van der Waals surface area contributed by atoms with Crippen LogP contribution < -0.4 is 10.3 Å². The van der Waals surface area contributed by atoms with E-state index in [9.17, 15) is 14.9 Å². The first-order valence-electron chi connectivity index (χ1n) is 6.33. The summed E-state index contributed by atoms with van der Waals surface area (Å²) in [6.07, 6.45) is 1.53. The van der Waals surface area contributed by atoms with E-state index < -0.39 is 4.92 Å². The van der Waals surface area contributed by atoms with Gasteiger partial charge in [0.1, 0.15) is 5.75 Å². The van der Waals surface area contributed by atoms with E-state index in [1.807, 2.05) is 13.8 Å². The van der Waals surface area contributed by atoms with E-state index in [0.717, 1.165) is 12.1 Å². The zero-order valence-electron chi connectivity index (χ0n) is 11.7. The summed E-state index contributed by atoms with van der Waals surface area (Å²) in [7, 11) is 0. The molecular formula is C14H12Cl2N2O4. The standard InChI is InChI=1S/C14H12Cl2N2O4/c1-8(2)17-7-10(3-4-13(17)19)22-14-11(15)5-9(18(20)21)6-12(14)16/h3-8H,1-2H3. The van der Waals surface area contributed by atoms with Crippen LogP contribution in [-0.2, 0) is 0 Å². The highest BCUT2D eigenvalue weighted by Crippen LogP contribution is 2.39. The first-order chi connectivity index (χ1) is 10.3. The van der Waals surface area contributed by atoms with Gasteiger partial charge >= 0.3 is 0 Å². The van der Waals surface area contributed by atoms with Crippen LogP contribution in [0.5, 0.6) is 11.5 Å². The van der Waals surface area contributed by atoms with Crippen LogP contribution in [0.25, 0.3) is 0 Å². The lowest BCUT2D eigenvalue weighted by Crippen LogP contribution is -2.19. The molecule has 0 aliphatic heterocycles. The average molecular weight is 343 g/mol. The predicted octanol–water partition coefficient (Wildman–Crippen LogP) is 4.44. The molecule has 0 atom stereocenters. The number of nitro groups is 1. The van der Waals surface area contributed by atoms with Crippen molar-refractivity contribution < 1.29 is 9.66 Å². The number of non-ortho nitro benzene ring substituents is 1. The van der Waals surface area contributed by atoms with Gasteiger partial charge in [-0.1, -0.05) is 23.2 Å². The Morgan fingerprint density at radius 3 is 2.32 bits per heavy atom. The molecule has 0 N–H and O–H groups in total. The van der Waals surface area contributed by atoms with E-state index in [0.29, 0.717) is 5.75 Å².